The molecule has 0 unspecified atom stereocenters. The molecule has 0 spiro atoms. The molecule has 1 aliphatic rings. The first kappa shape index (κ1) is 18.7. The van der Waals surface area contributed by atoms with Crippen LogP contribution in [0.5, 0.6) is 0 Å². The molecule has 0 atom stereocenters. The first-order valence-electron chi connectivity index (χ1n) is 9.59. The lowest BCUT2D eigenvalue weighted by molar-refractivity contribution is 0.625. The van der Waals surface area contributed by atoms with Gasteiger partial charge in [0.15, 0.2) is 5.82 Å². The third kappa shape index (κ3) is 3.56. The van der Waals surface area contributed by atoms with Crippen LogP contribution < -0.4 is 0 Å². The number of rotatable bonds is 6. The predicted octanol–water partition coefficient (Wildman–Crippen LogP) is 4.93. The second-order valence-electron chi connectivity index (χ2n) is 6.82. The van der Waals surface area contributed by atoms with E-state index in [1.807, 2.05) is 10.6 Å². The van der Waals surface area contributed by atoms with E-state index in [1.54, 1.807) is 24.3 Å². The number of hydrogen-bond donors (Lipinski definition) is 0. The largest absolute Gasteiger partial charge is 0.279 e. The van der Waals surface area contributed by atoms with Crippen molar-refractivity contribution < 1.29 is 4.39 Å². The monoisotopic (exact) mass is 397 g/mol. The van der Waals surface area contributed by atoms with Crippen LogP contribution in [0.1, 0.15) is 55.5 Å². The first-order chi connectivity index (χ1) is 13.7. The number of aryl methyl sites for hydroxylation is 1. The zero-order valence-corrected chi connectivity index (χ0v) is 16.5. The number of aromatic nitrogens is 4. The molecular weight excluding hydrogens is 377 g/mol. The van der Waals surface area contributed by atoms with Gasteiger partial charge in [-0.2, -0.15) is 0 Å². The summed E-state index contributed by atoms with van der Waals surface area (Å²) in [7, 11) is 0. The molecule has 0 bridgehead atoms. The maximum absolute atomic E-state index is 14.5. The van der Waals surface area contributed by atoms with E-state index in [0.29, 0.717) is 28.7 Å². The zero-order valence-electron chi connectivity index (χ0n) is 15.7. The molecule has 1 aliphatic heterocycles. The Morgan fingerprint density at radius 1 is 1.07 bits per heavy atom. The van der Waals surface area contributed by atoms with Crippen LogP contribution in [0.2, 0.25) is 5.15 Å². The van der Waals surface area contributed by atoms with Crippen LogP contribution in [0.4, 0.5) is 4.39 Å². The Morgan fingerprint density at radius 3 is 2.75 bits per heavy atom. The fraction of sp³-hybridized carbons (Fsp3) is 0.333. The molecule has 144 valence electrons. The quantitative estimate of drug-likeness (QED) is 0.437. The highest BCUT2D eigenvalue weighted by Gasteiger charge is 2.25. The SMILES string of the molecule is CCCCCCc1nnc2n1-c1ccc(Cl)nc1C(c1ccccc1F)=NC2. The van der Waals surface area contributed by atoms with Gasteiger partial charge < -0.3 is 0 Å². The van der Waals surface area contributed by atoms with Gasteiger partial charge in [-0.1, -0.05) is 49.9 Å². The molecule has 3 aromatic rings. The van der Waals surface area contributed by atoms with E-state index < -0.39 is 0 Å². The number of nitrogens with zero attached hydrogens (tertiary/aromatic N) is 5. The van der Waals surface area contributed by atoms with Gasteiger partial charge in [0.05, 0.1) is 11.4 Å². The summed E-state index contributed by atoms with van der Waals surface area (Å²) < 4.78 is 16.5. The van der Waals surface area contributed by atoms with Crippen LogP contribution in [-0.4, -0.2) is 25.5 Å². The minimum absolute atomic E-state index is 0.305. The van der Waals surface area contributed by atoms with Crippen molar-refractivity contribution >= 4 is 17.3 Å². The normalized spacial score (nSPS) is 12.9. The topological polar surface area (TPSA) is 56.0 Å². The van der Waals surface area contributed by atoms with E-state index in [1.165, 1.54) is 18.9 Å². The first-order valence-corrected chi connectivity index (χ1v) is 9.96. The number of benzene rings is 1. The predicted molar refractivity (Wildman–Crippen MR) is 108 cm³/mol. The molecule has 0 aliphatic carbocycles. The van der Waals surface area contributed by atoms with E-state index in [-0.39, 0.29) is 5.82 Å². The number of pyridine rings is 1. The van der Waals surface area contributed by atoms with Crippen LogP contribution in [0, 0.1) is 5.82 Å². The van der Waals surface area contributed by atoms with Crippen molar-refractivity contribution in [1.29, 1.82) is 0 Å². The molecule has 4 rings (SSSR count). The van der Waals surface area contributed by atoms with Gasteiger partial charge in [-0.05, 0) is 30.7 Å². The maximum Gasteiger partial charge on any atom is 0.159 e. The van der Waals surface area contributed by atoms with E-state index in [0.717, 1.165) is 36.6 Å². The number of hydrogen-bond acceptors (Lipinski definition) is 4. The average Bonchev–Trinajstić information content (AvgIpc) is 3.02. The van der Waals surface area contributed by atoms with Crippen molar-refractivity contribution in [3.63, 3.8) is 0 Å². The molecule has 5 nitrogen and oxygen atoms in total. The maximum atomic E-state index is 14.5. The molecule has 0 radical (unpaired) electrons. The van der Waals surface area contributed by atoms with Crippen molar-refractivity contribution in [2.24, 2.45) is 4.99 Å². The summed E-state index contributed by atoms with van der Waals surface area (Å²) >= 11 is 6.18. The lowest BCUT2D eigenvalue weighted by Crippen LogP contribution is -2.13. The van der Waals surface area contributed by atoms with Crippen molar-refractivity contribution in [1.82, 2.24) is 19.7 Å². The second-order valence-corrected chi connectivity index (χ2v) is 7.21. The number of unbranched alkanes of at least 4 members (excludes halogenated alkanes) is 3. The number of aliphatic imine (C=N–C) groups is 1. The molecule has 3 heterocycles. The van der Waals surface area contributed by atoms with Gasteiger partial charge in [-0.15, -0.1) is 10.2 Å². The lowest BCUT2D eigenvalue weighted by Gasteiger charge is -2.13. The Labute approximate surface area is 168 Å². The highest BCUT2D eigenvalue weighted by molar-refractivity contribution is 6.30. The molecule has 1 aromatic carbocycles. The van der Waals surface area contributed by atoms with E-state index in [2.05, 4.69) is 27.1 Å². The van der Waals surface area contributed by atoms with Crippen molar-refractivity contribution in [2.75, 3.05) is 0 Å². The fourth-order valence-corrected chi connectivity index (χ4v) is 3.63. The van der Waals surface area contributed by atoms with E-state index >= 15 is 0 Å². The molecule has 0 amide bonds. The molecule has 0 fully saturated rings. The summed E-state index contributed by atoms with van der Waals surface area (Å²) in [6.07, 6.45) is 5.41. The van der Waals surface area contributed by atoms with Crippen molar-refractivity contribution in [3.8, 4) is 5.69 Å². The third-order valence-corrected chi connectivity index (χ3v) is 5.07. The summed E-state index contributed by atoms with van der Waals surface area (Å²) in [5.74, 6) is 1.26. The summed E-state index contributed by atoms with van der Waals surface area (Å²) in [6, 6.07) is 10.2. The van der Waals surface area contributed by atoms with Crippen LogP contribution in [0.3, 0.4) is 0 Å². The van der Waals surface area contributed by atoms with Crippen LogP contribution >= 0.6 is 11.6 Å². The molecule has 0 N–H and O–H groups in total. The Kier molecular flexibility index (Phi) is 5.48. The van der Waals surface area contributed by atoms with Gasteiger partial charge in [0.25, 0.3) is 0 Å². The Hall–Kier alpha value is -2.60. The van der Waals surface area contributed by atoms with Gasteiger partial charge in [0.1, 0.15) is 29.0 Å². The van der Waals surface area contributed by atoms with Crippen molar-refractivity contribution in [2.45, 2.75) is 45.6 Å². The molecule has 7 heteroatoms. The van der Waals surface area contributed by atoms with Gasteiger partial charge >= 0.3 is 0 Å². The van der Waals surface area contributed by atoms with E-state index in [4.69, 9.17) is 11.6 Å². The minimum Gasteiger partial charge on any atom is -0.279 e. The van der Waals surface area contributed by atoms with Crippen LogP contribution in [0.25, 0.3) is 5.69 Å². The fourth-order valence-electron chi connectivity index (χ4n) is 3.48. The molecule has 0 saturated heterocycles. The molecule has 28 heavy (non-hydrogen) atoms. The summed E-state index contributed by atoms with van der Waals surface area (Å²) in [4.78, 5) is 9.13. The second kappa shape index (κ2) is 8.19. The third-order valence-electron chi connectivity index (χ3n) is 4.86. The Bertz CT molecular complexity index is 1030. The number of fused-ring (bicyclic) bond motifs is 3. The summed E-state index contributed by atoms with van der Waals surface area (Å²) in [6.45, 7) is 2.50. The average molecular weight is 398 g/mol. The standard InChI is InChI=1S/C21H21ClFN5/c1-2-3-4-5-10-18-26-27-19-13-24-20(14-8-6-7-9-15(14)23)21-16(28(18)19)11-12-17(22)25-21/h6-9,11-12H,2-5,10,13H2,1H3. The van der Waals surface area contributed by atoms with Gasteiger partial charge in [-0.3, -0.25) is 9.56 Å². The van der Waals surface area contributed by atoms with Gasteiger partial charge in [0.2, 0.25) is 0 Å². The molecule has 0 saturated carbocycles. The van der Waals surface area contributed by atoms with Gasteiger partial charge in [-0.25, -0.2) is 9.37 Å². The summed E-state index contributed by atoms with van der Waals surface area (Å²) in [5.41, 5.74) is 2.22. The minimum atomic E-state index is -0.341. The van der Waals surface area contributed by atoms with Crippen LogP contribution in [-0.2, 0) is 13.0 Å². The lowest BCUT2D eigenvalue weighted by atomic mass is 10.0. The smallest absolute Gasteiger partial charge is 0.159 e. The zero-order chi connectivity index (χ0) is 19.5. The van der Waals surface area contributed by atoms with E-state index in [9.17, 15) is 4.39 Å². The molecular formula is C21H21ClFN5. The molecule has 2 aromatic heterocycles. The number of halogens is 2. The van der Waals surface area contributed by atoms with Gasteiger partial charge in [0, 0.05) is 12.0 Å². The Balaban J connectivity index is 1.80. The Morgan fingerprint density at radius 2 is 1.93 bits per heavy atom. The highest BCUT2D eigenvalue weighted by atomic mass is 35.5. The highest BCUT2D eigenvalue weighted by Crippen LogP contribution is 2.27. The van der Waals surface area contributed by atoms with Crippen molar-refractivity contribution in [3.05, 3.63) is 70.3 Å². The summed E-state index contributed by atoms with van der Waals surface area (Å²) in [5, 5.41) is 9.06. The van der Waals surface area contributed by atoms with Crippen LogP contribution in [0.15, 0.2) is 41.4 Å².